The van der Waals surface area contributed by atoms with Crippen LogP contribution < -0.4 is 5.32 Å². The number of carbonyl (C=O) groups is 2. The lowest BCUT2D eigenvalue weighted by Gasteiger charge is -2.23. The molecule has 2 aliphatic heterocycles. The molecule has 2 aliphatic rings. The number of carboxylic acid groups (broad SMARTS) is 1. The summed E-state index contributed by atoms with van der Waals surface area (Å²) in [7, 11) is 0. The molecule has 2 N–H and O–H groups in total. The number of nitrogens with one attached hydrogen (secondary N) is 1. The minimum Gasteiger partial charge on any atom is -0.481 e. The monoisotopic (exact) mass is 309 g/mol. The first kappa shape index (κ1) is 14.4. The van der Waals surface area contributed by atoms with E-state index in [9.17, 15) is 14.7 Å². The second-order valence-corrected chi connectivity index (χ2v) is 6.04. The van der Waals surface area contributed by atoms with Gasteiger partial charge in [-0.3, -0.25) is 9.59 Å². The Morgan fingerprint density at radius 3 is 2.57 bits per heavy atom. The lowest BCUT2D eigenvalue weighted by Crippen LogP contribution is -2.40. The fourth-order valence-corrected chi connectivity index (χ4v) is 3.40. The van der Waals surface area contributed by atoms with E-state index in [0.29, 0.717) is 17.1 Å². The molecule has 2 bridgehead atoms. The molecule has 2 saturated heterocycles. The summed E-state index contributed by atoms with van der Waals surface area (Å²) >= 11 is 6.03. The maximum Gasteiger partial charge on any atom is 0.310 e. The van der Waals surface area contributed by atoms with Gasteiger partial charge in [-0.2, -0.15) is 0 Å². The van der Waals surface area contributed by atoms with Crippen LogP contribution in [-0.2, 0) is 14.3 Å². The molecule has 4 atom stereocenters. The number of ether oxygens (including phenoxy) is 1. The third kappa shape index (κ3) is 2.51. The topological polar surface area (TPSA) is 75.6 Å². The first-order chi connectivity index (χ1) is 9.97. The van der Waals surface area contributed by atoms with E-state index in [1.54, 1.807) is 12.1 Å². The number of hydrogen-bond donors (Lipinski definition) is 2. The van der Waals surface area contributed by atoms with Crippen molar-refractivity contribution in [1.82, 2.24) is 0 Å². The maximum atomic E-state index is 12.4. The Morgan fingerprint density at radius 2 is 1.95 bits per heavy atom. The predicted octanol–water partition coefficient (Wildman–Crippen LogP) is 2.47. The molecule has 2 fully saturated rings. The highest BCUT2D eigenvalue weighted by Crippen LogP contribution is 2.44. The molecule has 0 saturated carbocycles. The van der Waals surface area contributed by atoms with Crippen LogP contribution in [0.4, 0.5) is 5.69 Å². The molecule has 5 nitrogen and oxygen atoms in total. The molecule has 2 heterocycles. The number of halogens is 1. The second-order valence-electron chi connectivity index (χ2n) is 5.63. The number of benzene rings is 1. The van der Waals surface area contributed by atoms with Gasteiger partial charge in [-0.05, 0) is 37.5 Å². The van der Waals surface area contributed by atoms with Gasteiger partial charge in [0.05, 0.1) is 24.0 Å². The number of aryl methyl sites for hydroxylation is 1. The molecule has 6 heteroatoms. The first-order valence-electron chi connectivity index (χ1n) is 6.92. The van der Waals surface area contributed by atoms with Crippen molar-refractivity contribution in [3.63, 3.8) is 0 Å². The molecule has 21 heavy (non-hydrogen) atoms. The van der Waals surface area contributed by atoms with Gasteiger partial charge in [0.1, 0.15) is 0 Å². The van der Waals surface area contributed by atoms with Crippen LogP contribution in [0.15, 0.2) is 18.2 Å². The summed E-state index contributed by atoms with van der Waals surface area (Å²) in [5.41, 5.74) is 1.49. The van der Waals surface area contributed by atoms with Gasteiger partial charge in [-0.15, -0.1) is 0 Å². The van der Waals surface area contributed by atoms with Gasteiger partial charge < -0.3 is 15.2 Å². The van der Waals surface area contributed by atoms with Crippen molar-refractivity contribution >= 4 is 29.2 Å². The van der Waals surface area contributed by atoms with E-state index in [4.69, 9.17) is 16.3 Å². The van der Waals surface area contributed by atoms with Gasteiger partial charge in [-0.25, -0.2) is 0 Å². The highest BCUT2D eigenvalue weighted by molar-refractivity contribution is 6.31. The Kier molecular flexibility index (Phi) is 3.63. The highest BCUT2D eigenvalue weighted by atomic mass is 35.5. The largest absolute Gasteiger partial charge is 0.481 e. The summed E-state index contributed by atoms with van der Waals surface area (Å²) in [5, 5.41) is 12.6. The maximum absolute atomic E-state index is 12.4. The van der Waals surface area contributed by atoms with E-state index >= 15 is 0 Å². The summed E-state index contributed by atoms with van der Waals surface area (Å²) < 4.78 is 5.59. The zero-order valence-electron chi connectivity index (χ0n) is 11.5. The summed E-state index contributed by atoms with van der Waals surface area (Å²) in [6, 6.07) is 5.23. The molecule has 3 rings (SSSR count). The van der Waals surface area contributed by atoms with Crippen LogP contribution in [-0.4, -0.2) is 29.2 Å². The van der Waals surface area contributed by atoms with Crippen molar-refractivity contribution in [3.05, 3.63) is 28.8 Å². The molecule has 1 aromatic carbocycles. The van der Waals surface area contributed by atoms with Gasteiger partial charge >= 0.3 is 5.97 Å². The van der Waals surface area contributed by atoms with Crippen LogP contribution in [0.1, 0.15) is 18.4 Å². The van der Waals surface area contributed by atoms with Gasteiger partial charge in [0.25, 0.3) is 0 Å². The Balaban J connectivity index is 1.78. The van der Waals surface area contributed by atoms with E-state index in [1.807, 2.05) is 13.0 Å². The first-order valence-corrected chi connectivity index (χ1v) is 7.30. The lowest BCUT2D eigenvalue weighted by molar-refractivity contribution is -0.147. The zero-order valence-corrected chi connectivity index (χ0v) is 12.3. The van der Waals surface area contributed by atoms with E-state index in [2.05, 4.69) is 5.32 Å². The molecule has 0 unspecified atom stereocenters. The van der Waals surface area contributed by atoms with Crippen molar-refractivity contribution < 1.29 is 19.4 Å². The number of carboxylic acids is 1. The number of amides is 1. The standard InChI is InChI=1S/C15H16ClNO4/c1-7-2-3-8(6-9(7)16)17-14(18)12-10-4-5-11(21-10)13(12)15(19)20/h2-3,6,10-13H,4-5H2,1H3,(H,17,18)(H,19,20)/t10-,11+,12-,13-/m0/s1. The average Bonchev–Trinajstić information content (AvgIpc) is 3.03. The Labute approximate surface area is 127 Å². The number of fused-ring (bicyclic) bond motifs is 2. The molecule has 1 amide bonds. The van der Waals surface area contributed by atoms with Crippen LogP contribution >= 0.6 is 11.6 Å². The summed E-state index contributed by atoms with van der Waals surface area (Å²) in [6.45, 7) is 1.87. The third-order valence-corrected chi connectivity index (χ3v) is 4.71. The van der Waals surface area contributed by atoms with Crippen molar-refractivity contribution in [3.8, 4) is 0 Å². The highest BCUT2D eigenvalue weighted by Gasteiger charge is 2.55. The fourth-order valence-electron chi connectivity index (χ4n) is 3.22. The van der Waals surface area contributed by atoms with Gasteiger partial charge in [0, 0.05) is 10.7 Å². The van der Waals surface area contributed by atoms with Crippen molar-refractivity contribution in [2.45, 2.75) is 32.0 Å². The Hall–Kier alpha value is -1.59. The lowest BCUT2D eigenvalue weighted by atomic mass is 9.78. The predicted molar refractivity (Wildman–Crippen MR) is 77.3 cm³/mol. The van der Waals surface area contributed by atoms with Gasteiger partial charge in [-0.1, -0.05) is 17.7 Å². The fraction of sp³-hybridized carbons (Fsp3) is 0.467. The normalized spacial score (nSPS) is 30.4. The molecule has 112 valence electrons. The number of hydrogen-bond acceptors (Lipinski definition) is 3. The number of anilines is 1. The van der Waals surface area contributed by atoms with Crippen LogP contribution in [0, 0.1) is 18.8 Å². The molecule has 0 aromatic heterocycles. The quantitative estimate of drug-likeness (QED) is 0.899. The summed E-state index contributed by atoms with van der Waals surface area (Å²) in [6.07, 6.45) is 0.810. The second kappa shape index (κ2) is 5.31. The minimum atomic E-state index is -0.968. The van der Waals surface area contributed by atoms with E-state index < -0.39 is 17.8 Å². The van der Waals surface area contributed by atoms with E-state index in [1.165, 1.54) is 0 Å². The SMILES string of the molecule is Cc1ccc(NC(=O)[C@@H]2[C@@H](C(=O)O)[C@H]3CC[C@@H]2O3)cc1Cl. The van der Waals surface area contributed by atoms with Crippen LogP contribution in [0.5, 0.6) is 0 Å². The average molecular weight is 310 g/mol. The smallest absolute Gasteiger partial charge is 0.310 e. The van der Waals surface area contributed by atoms with Crippen molar-refractivity contribution in [2.75, 3.05) is 5.32 Å². The summed E-state index contributed by atoms with van der Waals surface area (Å²) in [5.74, 6) is -2.68. The molecular formula is C15H16ClNO4. The third-order valence-electron chi connectivity index (χ3n) is 4.30. The Bertz CT molecular complexity index is 603. The van der Waals surface area contributed by atoms with Crippen molar-refractivity contribution in [1.29, 1.82) is 0 Å². The van der Waals surface area contributed by atoms with Gasteiger partial charge in [0.15, 0.2) is 0 Å². The van der Waals surface area contributed by atoms with E-state index in [-0.39, 0.29) is 18.1 Å². The zero-order chi connectivity index (χ0) is 15.1. The van der Waals surface area contributed by atoms with E-state index in [0.717, 1.165) is 12.0 Å². The van der Waals surface area contributed by atoms with Crippen LogP contribution in [0.25, 0.3) is 0 Å². The van der Waals surface area contributed by atoms with Crippen molar-refractivity contribution in [2.24, 2.45) is 11.8 Å². The Morgan fingerprint density at radius 1 is 1.29 bits per heavy atom. The number of rotatable bonds is 3. The molecular weight excluding hydrogens is 294 g/mol. The summed E-state index contributed by atoms with van der Waals surface area (Å²) in [4.78, 5) is 23.8. The van der Waals surface area contributed by atoms with Crippen LogP contribution in [0.2, 0.25) is 5.02 Å². The molecule has 0 aliphatic carbocycles. The molecule has 0 radical (unpaired) electrons. The minimum absolute atomic E-state index is 0.294. The number of aliphatic carboxylic acids is 1. The number of carbonyl (C=O) groups excluding carboxylic acids is 1. The van der Waals surface area contributed by atoms with Crippen LogP contribution in [0.3, 0.4) is 0 Å². The molecule has 0 spiro atoms. The molecule has 1 aromatic rings. The van der Waals surface area contributed by atoms with Gasteiger partial charge in [0.2, 0.25) is 5.91 Å².